The van der Waals surface area contributed by atoms with Crippen LogP contribution in [0.2, 0.25) is 0 Å². The van der Waals surface area contributed by atoms with Crippen molar-refractivity contribution >= 4 is 0 Å². The van der Waals surface area contributed by atoms with E-state index in [1.54, 1.807) is 0 Å². The molecule has 1 aliphatic heterocycles. The topological polar surface area (TPSA) is 23.1 Å². The molecule has 0 aromatic rings. The first-order valence-electron chi connectivity index (χ1n) is 5.55. The first-order valence-corrected chi connectivity index (χ1v) is 5.55. The molecule has 0 bridgehead atoms. The molecule has 13 heavy (non-hydrogen) atoms. The molecule has 1 saturated heterocycles. The number of hydroxylamine groups is 3. The van der Waals surface area contributed by atoms with Crippen molar-refractivity contribution in [3.8, 4) is 0 Å². The van der Waals surface area contributed by atoms with Gasteiger partial charge in [-0.1, -0.05) is 13.8 Å². The normalized spacial score (nSPS) is 56.3. The Labute approximate surface area is 81.1 Å². The van der Waals surface area contributed by atoms with E-state index in [4.69, 9.17) is 0 Å². The number of nitrogens with zero attached hydrogens (tertiary/aromatic N) is 1. The van der Waals surface area contributed by atoms with Crippen LogP contribution in [0.25, 0.3) is 0 Å². The molecule has 2 heteroatoms. The summed E-state index contributed by atoms with van der Waals surface area (Å²) in [5, 5.41) is 12.0. The van der Waals surface area contributed by atoms with Gasteiger partial charge in [-0.05, 0) is 24.7 Å². The summed E-state index contributed by atoms with van der Waals surface area (Å²) in [4.78, 5) is 0. The summed E-state index contributed by atoms with van der Waals surface area (Å²) < 4.78 is 0.00662. The molecule has 0 aromatic carbocycles. The van der Waals surface area contributed by atoms with Gasteiger partial charge < -0.3 is 9.85 Å². The van der Waals surface area contributed by atoms with Gasteiger partial charge in [-0.15, -0.1) is 0 Å². The fourth-order valence-corrected chi connectivity index (χ4v) is 3.59. The number of rotatable bonds is 0. The first-order chi connectivity index (χ1) is 5.99. The monoisotopic (exact) mass is 183 g/mol. The third kappa shape index (κ3) is 1.62. The van der Waals surface area contributed by atoms with Crippen LogP contribution >= 0.6 is 0 Å². The molecular weight excluding hydrogens is 162 g/mol. The highest BCUT2D eigenvalue weighted by Crippen LogP contribution is 2.45. The number of hydrogen-bond acceptors (Lipinski definition) is 1. The number of hydrogen-bond donors (Lipinski definition) is 0. The fraction of sp³-hybridized carbons (Fsp3) is 1.00. The first kappa shape index (κ1) is 9.47. The molecule has 2 nitrogen and oxygen atoms in total. The Morgan fingerprint density at radius 1 is 1.00 bits per heavy atom. The summed E-state index contributed by atoms with van der Waals surface area (Å²) in [6.45, 7) is 6.30. The van der Waals surface area contributed by atoms with Gasteiger partial charge in [0.15, 0.2) is 0 Å². The van der Waals surface area contributed by atoms with Crippen molar-refractivity contribution in [1.29, 1.82) is 0 Å². The van der Waals surface area contributed by atoms with E-state index in [2.05, 4.69) is 13.8 Å². The summed E-state index contributed by atoms with van der Waals surface area (Å²) in [6, 6.07) is 0. The van der Waals surface area contributed by atoms with E-state index >= 15 is 0 Å². The van der Waals surface area contributed by atoms with Crippen LogP contribution < -0.4 is 0 Å². The molecule has 0 spiro atoms. The average Bonchev–Trinajstić information content (AvgIpc) is 2.30. The van der Waals surface area contributed by atoms with Crippen molar-refractivity contribution < 1.29 is 4.65 Å². The van der Waals surface area contributed by atoms with Gasteiger partial charge in [0.2, 0.25) is 0 Å². The van der Waals surface area contributed by atoms with Crippen LogP contribution in [0, 0.1) is 28.9 Å². The van der Waals surface area contributed by atoms with Crippen LogP contribution in [0.1, 0.15) is 26.7 Å². The lowest BCUT2D eigenvalue weighted by Crippen LogP contribution is -2.52. The van der Waals surface area contributed by atoms with E-state index in [1.165, 1.54) is 12.8 Å². The predicted octanol–water partition coefficient (Wildman–Crippen LogP) is 2.24. The Balaban J connectivity index is 2.14. The van der Waals surface area contributed by atoms with E-state index in [9.17, 15) is 5.21 Å². The Morgan fingerprint density at radius 2 is 1.69 bits per heavy atom. The average molecular weight is 183 g/mol. The molecule has 1 saturated carbocycles. The van der Waals surface area contributed by atoms with E-state index in [0.29, 0.717) is 11.8 Å². The number of likely N-dealkylation sites (tertiary alicyclic amines) is 1. The molecule has 1 unspecified atom stereocenters. The SMILES string of the molecule is C[C@@H]1C[N+](C)([O-])C[C@H]2[C@@H]1CC[C@@H]2C. The highest BCUT2D eigenvalue weighted by atomic mass is 16.5. The van der Waals surface area contributed by atoms with E-state index in [0.717, 1.165) is 24.9 Å². The minimum absolute atomic E-state index is 0.00662. The van der Waals surface area contributed by atoms with Gasteiger partial charge >= 0.3 is 0 Å². The fourth-order valence-electron chi connectivity index (χ4n) is 3.59. The third-order valence-electron chi connectivity index (χ3n) is 4.24. The molecule has 0 radical (unpaired) electrons. The molecule has 0 amide bonds. The molecule has 2 fully saturated rings. The molecule has 2 aliphatic rings. The Hall–Kier alpha value is -0.0800. The summed E-state index contributed by atoms with van der Waals surface area (Å²) in [5.74, 6) is 3.01. The smallest absolute Gasteiger partial charge is 0.0815 e. The van der Waals surface area contributed by atoms with Crippen molar-refractivity contribution in [2.75, 3.05) is 20.1 Å². The molecule has 1 heterocycles. The highest BCUT2D eigenvalue weighted by Gasteiger charge is 2.44. The van der Waals surface area contributed by atoms with Crippen LogP contribution in [-0.4, -0.2) is 24.8 Å². The minimum atomic E-state index is 0.00662. The van der Waals surface area contributed by atoms with Gasteiger partial charge in [0, 0.05) is 11.8 Å². The van der Waals surface area contributed by atoms with Gasteiger partial charge in [-0.25, -0.2) is 0 Å². The van der Waals surface area contributed by atoms with Crippen LogP contribution in [0.5, 0.6) is 0 Å². The van der Waals surface area contributed by atoms with Gasteiger partial charge in [0.05, 0.1) is 20.1 Å². The summed E-state index contributed by atoms with van der Waals surface area (Å²) in [7, 11) is 1.84. The number of piperidine rings is 1. The Kier molecular flexibility index (Phi) is 2.16. The minimum Gasteiger partial charge on any atom is -0.633 e. The van der Waals surface area contributed by atoms with Crippen LogP contribution in [0.4, 0.5) is 0 Å². The van der Waals surface area contributed by atoms with Crippen LogP contribution in [0.15, 0.2) is 0 Å². The zero-order chi connectivity index (χ0) is 9.64. The summed E-state index contributed by atoms with van der Waals surface area (Å²) in [5.41, 5.74) is 0. The van der Waals surface area contributed by atoms with Crippen molar-refractivity contribution in [3.05, 3.63) is 5.21 Å². The second-order valence-corrected chi connectivity index (χ2v) is 5.52. The third-order valence-corrected chi connectivity index (χ3v) is 4.24. The lowest BCUT2D eigenvalue weighted by molar-refractivity contribution is -0.875. The molecular formula is C11H21NO. The predicted molar refractivity (Wildman–Crippen MR) is 53.8 cm³/mol. The molecule has 1 aliphatic carbocycles. The Morgan fingerprint density at radius 3 is 2.38 bits per heavy atom. The van der Waals surface area contributed by atoms with Gasteiger partial charge in [0.25, 0.3) is 0 Å². The van der Waals surface area contributed by atoms with E-state index in [1.807, 2.05) is 7.05 Å². The maximum atomic E-state index is 12.0. The lowest BCUT2D eigenvalue weighted by Gasteiger charge is -2.50. The van der Waals surface area contributed by atoms with Crippen LogP contribution in [0.3, 0.4) is 0 Å². The molecule has 2 rings (SSSR count). The Bertz CT molecular complexity index is 202. The van der Waals surface area contributed by atoms with E-state index in [-0.39, 0.29) is 4.65 Å². The standard InChI is InChI=1S/C11H21NO/c1-8-4-5-10-9(2)6-12(3,13)7-11(8)10/h8-11H,4-7H2,1-3H3/t8-,9+,10+,11+,12?/m0/s1. The van der Waals surface area contributed by atoms with Gasteiger partial charge in [0.1, 0.15) is 0 Å². The van der Waals surface area contributed by atoms with Gasteiger partial charge in [-0.3, -0.25) is 0 Å². The zero-order valence-electron chi connectivity index (χ0n) is 8.99. The van der Waals surface area contributed by atoms with Crippen molar-refractivity contribution in [1.82, 2.24) is 0 Å². The molecule has 76 valence electrons. The molecule has 0 aromatic heterocycles. The molecule has 5 atom stereocenters. The van der Waals surface area contributed by atoms with Crippen molar-refractivity contribution in [2.24, 2.45) is 23.7 Å². The summed E-state index contributed by atoms with van der Waals surface area (Å²) >= 11 is 0. The second-order valence-electron chi connectivity index (χ2n) is 5.52. The maximum Gasteiger partial charge on any atom is 0.0815 e. The highest BCUT2D eigenvalue weighted by molar-refractivity contribution is 4.88. The van der Waals surface area contributed by atoms with Gasteiger partial charge in [-0.2, -0.15) is 0 Å². The lowest BCUT2D eigenvalue weighted by atomic mass is 9.78. The van der Waals surface area contributed by atoms with Crippen molar-refractivity contribution in [3.63, 3.8) is 0 Å². The van der Waals surface area contributed by atoms with E-state index < -0.39 is 0 Å². The summed E-state index contributed by atoms with van der Waals surface area (Å²) in [6.07, 6.45) is 2.71. The molecule has 0 N–H and O–H groups in total. The van der Waals surface area contributed by atoms with Crippen molar-refractivity contribution in [2.45, 2.75) is 26.7 Å². The zero-order valence-corrected chi connectivity index (χ0v) is 8.99. The van der Waals surface area contributed by atoms with Crippen LogP contribution in [-0.2, 0) is 0 Å². The second kappa shape index (κ2) is 2.96. The largest absolute Gasteiger partial charge is 0.633 e. The number of quaternary nitrogens is 1. The quantitative estimate of drug-likeness (QED) is 0.417. The number of fused-ring (bicyclic) bond motifs is 1. The maximum absolute atomic E-state index is 12.0.